The number of likely N-dealkylation sites (N-methyl/N-ethyl adjacent to an activating group) is 1. The fraction of sp³-hybridized carbons (Fsp3) is 0.625. The zero-order chi connectivity index (χ0) is 13.7. The van der Waals surface area contributed by atoms with E-state index in [1.807, 2.05) is 18.2 Å². The minimum Gasteiger partial charge on any atom is -0.329 e. The maximum atomic E-state index is 6.24. The fourth-order valence-electron chi connectivity index (χ4n) is 3.26. The average Bonchev–Trinajstić information content (AvgIpc) is 2.43. The molecule has 0 spiro atoms. The fourth-order valence-corrected chi connectivity index (χ4v) is 3.46. The molecule has 1 atom stereocenters. The van der Waals surface area contributed by atoms with E-state index in [0.717, 1.165) is 24.0 Å². The SMILES string of the molecule is CN(Cc1ccccc1Cl)C(CN)C1CCCCC1. The highest BCUT2D eigenvalue weighted by Crippen LogP contribution is 2.29. The van der Waals surface area contributed by atoms with Gasteiger partial charge in [0.05, 0.1) is 0 Å². The molecule has 1 unspecified atom stereocenters. The molecule has 0 saturated heterocycles. The molecule has 0 amide bonds. The van der Waals surface area contributed by atoms with Crippen LogP contribution in [-0.2, 0) is 6.54 Å². The topological polar surface area (TPSA) is 29.3 Å². The zero-order valence-corrected chi connectivity index (χ0v) is 12.6. The summed E-state index contributed by atoms with van der Waals surface area (Å²) >= 11 is 6.24. The van der Waals surface area contributed by atoms with Gasteiger partial charge in [-0.2, -0.15) is 0 Å². The van der Waals surface area contributed by atoms with E-state index in [1.165, 1.54) is 37.7 Å². The van der Waals surface area contributed by atoms with Gasteiger partial charge in [0, 0.05) is 24.2 Å². The van der Waals surface area contributed by atoms with Gasteiger partial charge in [-0.25, -0.2) is 0 Å². The molecule has 0 radical (unpaired) electrons. The maximum absolute atomic E-state index is 6.24. The van der Waals surface area contributed by atoms with E-state index < -0.39 is 0 Å². The Morgan fingerprint density at radius 3 is 2.58 bits per heavy atom. The van der Waals surface area contributed by atoms with E-state index >= 15 is 0 Å². The van der Waals surface area contributed by atoms with Crippen LogP contribution in [0.4, 0.5) is 0 Å². The quantitative estimate of drug-likeness (QED) is 0.891. The number of nitrogens with two attached hydrogens (primary N) is 1. The lowest BCUT2D eigenvalue weighted by Crippen LogP contribution is -2.43. The molecular formula is C16H25ClN2. The molecule has 0 bridgehead atoms. The van der Waals surface area contributed by atoms with E-state index in [4.69, 9.17) is 17.3 Å². The van der Waals surface area contributed by atoms with Crippen LogP contribution in [-0.4, -0.2) is 24.5 Å². The normalized spacial score (nSPS) is 18.7. The molecule has 2 N–H and O–H groups in total. The van der Waals surface area contributed by atoms with E-state index in [0.29, 0.717) is 6.04 Å². The minimum absolute atomic E-state index is 0.483. The first-order chi connectivity index (χ1) is 9.22. The molecule has 2 rings (SSSR count). The van der Waals surface area contributed by atoms with Crippen LogP contribution in [0, 0.1) is 5.92 Å². The van der Waals surface area contributed by atoms with Crippen molar-refractivity contribution in [1.82, 2.24) is 4.90 Å². The van der Waals surface area contributed by atoms with Crippen molar-refractivity contribution in [2.24, 2.45) is 11.7 Å². The minimum atomic E-state index is 0.483. The van der Waals surface area contributed by atoms with Crippen LogP contribution in [0.25, 0.3) is 0 Å². The van der Waals surface area contributed by atoms with Crippen LogP contribution in [0.5, 0.6) is 0 Å². The zero-order valence-electron chi connectivity index (χ0n) is 11.8. The Hall–Kier alpha value is -0.570. The molecule has 2 nitrogen and oxygen atoms in total. The second kappa shape index (κ2) is 7.28. The summed E-state index contributed by atoms with van der Waals surface area (Å²) in [4.78, 5) is 2.39. The Labute approximate surface area is 121 Å². The van der Waals surface area contributed by atoms with Crippen molar-refractivity contribution in [2.45, 2.75) is 44.7 Å². The summed E-state index contributed by atoms with van der Waals surface area (Å²) < 4.78 is 0. The standard InChI is InChI=1S/C16H25ClN2/c1-19(12-14-9-5-6-10-15(14)17)16(11-18)13-7-3-2-4-8-13/h5-6,9-10,13,16H,2-4,7-8,11-12,18H2,1H3. The van der Waals surface area contributed by atoms with E-state index in [1.54, 1.807) is 0 Å². The van der Waals surface area contributed by atoms with E-state index in [2.05, 4.69) is 18.0 Å². The van der Waals surface area contributed by atoms with Crippen molar-refractivity contribution >= 4 is 11.6 Å². The molecule has 0 heterocycles. The molecule has 0 aliphatic heterocycles. The molecule has 1 fully saturated rings. The van der Waals surface area contributed by atoms with Crippen molar-refractivity contribution in [3.05, 3.63) is 34.9 Å². The third-order valence-electron chi connectivity index (χ3n) is 4.38. The number of hydrogen-bond acceptors (Lipinski definition) is 2. The van der Waals surface area contributed by atoms with Crippen molar-refractivity contribution in [1.29, 1.82) is 0 Å². The van der Waals surface area contributed by atoms with Gasteiger partial charge < -0.3 is 5.73 Å². The Morgan fingerprint density at radius 1 is 1.26 bits per heavy atom. The predicted octanol–water partition coefficient (Wildman–Crippen LogP) is 3.68. The third-order valence-corrected chi connectivity index (χ3v) is 4.75. The molecule has 1 aromatic rings. The second-order valence-electron chi connectivity index (χ2n) is 5.71. The summed E-state index contributed by atoms with van der Waals surface area (Å²) in [5.41, 5.74) is 7.22. The third kappa shape index (κ3) is 3.95. The van der Waals surface area contributed by atoms with Gasteiger partial charge in [-0.3, -0.25) is 4.90 Å². The van der Waals surface area contributed by atoms with Crippen molar-refractivity contribution in [3.63, 3.8) is 0 Å². The smallest absolute Gasteiger partial charge is 0.0451 e. The van der Waals surface area contributed by atoms with Crippen molar-refractivity contribution in [3.8, 4) is 0 Å². The van der Waals surface area contributed by atoms with Crippen LogP contribution in [0.3, 0.4) is 0 Å². The summed E-state index contributed by atoms with van der Waals surface area (Å²) in [7, 11) is 2.18. The summed E-state index contributed by atoms with van der Waals surface area (Å²) in [6.45, 7) is 1.63. The van der Waals surface area contributed by atoms with Gasteiger partial charge in [0.25, 0.3) is 0 Å². The van der Waals surface area contributed by atoms with Gasteiger partial charge >= 0.3 is 0 Å². The molecule has 1 aromatic carbocycles. The largest absolute Gasteiger partial charge is 0.329 e. The number of halogens is 1. The summed E-state index contributed by atoms with van der Waals surface area (Å²) in [6.07, 6.45) is 6.77. The summed E-state index contributed by atoms with van der Waals surface area (Å²) in [5.74, 6) is 0.756. The summed E-state index contributed by atoms with van der Waals surface area (Å²) in [6, 6.07) is 8.58. The molecular weight excluding hydrogens is 256 g/mol. The van der Waals surface area contributed by atoms with Crippen molar-refractivity contribution in [2.75, 3.05) is 13.6 Å². The van der Waals surface area contributed by atoms with Gasteiger partial charge in [0.15, 0.2) is 0 Å². The number of benzene rings is 1. The lowest BCUT2D eigenvalue weighted by molar-refractivity contribution is 0.143. The lowest BCUT2D eigenvalue weighted by Gasteiger charge is -2.36. The first-order valence-corrected chi connectivity index (χ1v) is 7.74. The molecule has 1 aliphatic carbocycles. The summed E-state index contributed by atoms with van der Waals surface area (Å²) in [5, 5.41) is 0.855. The van der Waals surface area contributed by atoms with Gasteiger partial charge in [0.1, 0.15) is 0 Å². The highest BCUT2D eigenvalue weighted by molar-refractivity contribution is 6.31. The van der Waals surface area contributed by atoms with Crippen LogP contribution >= 0.6 is 11.6 Å². The Kier molecular flexibility index (Phi) is 5.68. The predicted molar refractivity (Wildman–Crippen MR) is 82.3 cm³/mol. The van der Waals surface area contributed by atoms with Gasteiger partial charge in [-0.1, -0.05) is 49.1 Å². The Morgan fingerprint density at radius 2 is 1.95 bits per heavy atom. The molecule has 19 heavy (non-hydrogen) atoms. The lowest BCUT2D eigenvalue weighted by atomic mass is 9.83. The van der Waals surface area contributed by atoms with Gasteiger partial charge in [0.2, 0.25) is 0 Å². The average molecular weight is 281 g/mol. The monoisotopic (exact) mass is 280 g/mol. The van der Waals surface area contributed by atoms with E-state index in [9.17, 15) is 0 Å². The Balaban J connectivity index is 2.00. The van der Waals surface area contributed by atoms with Crippen LogP contribution in [0.1, 0.15) is 37.7 Å². The molecule has 3 heteroatoms. The molecule has 1 saturated carbocycles. The van der Waals surface area contributed by atoms with E-state index in [-0.39, 0.29) is 0 Å². The Bertz CT molecular complexity index is 388. The molecule has 0 aromatic heterocycles. The number of hydrogen-bond donors (Lipinski definition) is 1. The van der Waals surface area contributed by atoms with Crippen LogP contribution < -0.4 is 5.73 Å². The maximum Gasteiger partial charge on any atom is 0.0451 e. The van der Waals surface area contributed by atoms with Gasteiger partial charge in [-0.05, 0) is 37.4 Å². The molecule has 106 valence electrons. The molecule has 1 aliphatic rings. The van der Waals surface area contributed by atoms with Crippen LogP contribution in [0.2, 0.25) is 5.02 Å². The second-order valence-corrected chi connectivity index (χ2v) is 6.11. The first-order valence-electron chi connectivity index (χ1n) is 7.36. The van der Waals surface area contributed by atoms with Crippen LogP contribution in [0.15, 0.2) is 24.3 Å². The first kappa shape index (κ1) is 14.8. The number of nitrogens with zero attached hydrogens (tertiary/aromatic N) is 1. The van der Waals surface area contributed by atoms with Crippen molar-refractivity contribution < 1.29 is 0 Å². The van der Waals surface area contributed by atoms with Gasteiger partial charge in [-0.15, -0.1) is 0 Å². The number of rotatable bonds is 5. The highest BCUT2D eigenvalue weighted by Gasteiger charge is 2.25. The highest BCUT2D eigenvalue weighted by atomic mass is 35.5.